The van der Waals surface area contributed by atoms with Crippen LogP contribution in [0.4, 0.5) is 0 Å². The second-order valence-corrected chi connectivity index (χ2v) is 2.72. The minimum Gasteiger partial charge on any atom is -0.409 e. The van der Waals surface area contributed by atoms with E-state index in [0.29, 0.717) is 0 Å². The van der Waals surface area contributed by atoms with E-state index in [1.807, 2.05) is 36.4 Å². The molecule has 3 nitrogen and oxygen atoms in total. The lowest BCUT2D eigenvalue weighted by atomic mass is 10.1. The van der Waals surface area contributed by atoms with Crippen LogP contribution in [0.5, 0.6) is 0 Å². The first-order valence-electron chi connectivity index (χ1n) is 3.95. The number of hydrogen-bond acceptors (Lipinski definition) is 2. The lowest BCUT2D eigenvalue weighted by Gasteiger charge is -1.97. The molecule has 0 aliphatic carbocycles. The Balaban J connectivity index is 2.89. The van der Waals surface area contributed by atoms with Crippen LogP contribution < -0.4 is 5.73 Å². The van der Waals surface area contributed by atoms with Crippen molar-refractivity contribution < 1.29 is 5.21 Å². The molecule has 0 fully saturated rings. The fraction of sp³-hybridized carbons (Fsp3) is 0.100. The van der Waals surface area contributed by atoms with Crippen molar-refractivity contribution in [3.8, 4) is 0 Å². The Morgan fingerprint density at radius 2 is 2.00 bits per heavy atom. The van der Waals surface area contributed by atoms with Gasteiger partial charge in [-0.05, 0) is 24.1 Å². The molecule has 0 spiro atoms. The predicted octanol–water partition coefficient (Wildman–Crippen LogP) is 1.84. The Kier molecular flexibility index (Phi) is 3.09. The summed E-state index contributed by atoms with van der Waals surface area (Å²) in [6, 6.07) is 9.72. The van der Waals surface area contributed by atoms with E-state index in [2.05, 4.69) is 5.16 Å². The SMILES string of the molecule is CC(=C/c1ccccc1)/C(N)=N/O. The molecule has 0 aliphatic rings. The zero-order valence-corrected chi connectivity index (χ0v) is 7.44. The second kappa shape index (κ2) is 4.30. The standard InChI is InChI=1S/C10H12N2O/c1-8(10(11)12-13)7-9-5-3-2-4-6-9/h2-7,13H,1H3,(H2,11,12)/b8-7-. The Morgan fingerprint density at radius 3 is 2.54 bits per heavy atom. The van der Waals surface area contributed by atoms with Gasteiger partial charge in [-0.3, -0.25) is 0 Å². The van der Waals surface area contributed by atoms with Crippen LogP contribution in [0.2, 0.25) is 0 Å². The van der Waals surface area contributed by atoms with Crippen molar-refractivity contribution in [1.29, 1.82) is 0 Å². The topological polar surface area (TPSA) is 58.6 Å². The van der Waals surface area contributed by atoms with E-state index >= 15 is 0 Å². The summed E-state index contributed by atoms with van der Waals surface area (Å²) < 4.78 is 0. The number of hydrogen-bond donors (Lipinski definition) is 2. The van der Waals surface area contributed by atoms with Crippen molar-refractivity contribution in [3.05, 3.63) is 41.5 Å². The number of amidine groups is 1. The van der Waals surface area contributed by atoms with E-state index < -0.39 is 0 Å². The Labute approximate surface area is 77.2 Å². The third-order valence-electron chi connectivity index (χ3n) is 1.69. The molecule has 13 heavy (non-hydrogen) atoms. The normalized spacial score (nSPS) is 13.0. The fourth-order valence-electron chi connectivity index (χ4n) is 0.952. The highest BCUT2D eigenvalue weighted by molar-refractivity contribution is 5.99. The molecule has 0 aliphatic heterocycles. The maximum atomic E-state index is 8.41. The average molecular weight is 176 g/mol. The second-order valence-electron chi connectivity index (χ2n) is 2.72. The molecule has 0 unspecified atom stereocenters. The molecule has 0 heterocycles. The molecule has 1 aromatic carbocycles. The number of rotatable bonds is 2. The summed E-state index contributed by atoms with van der Waals surface area (Å²) in [5.74, 6) is 0.142. The third-order valence-corrected chi connectivity index (χ3v) is 1.69. The van der Waals surface area contributed by atoms with E-state index in [1.54, 1.807) is 6.92 Å². The summed E-state index contributed by atoms with van der Waals surface area (Å²) >= 11 is 0. The van der Waals surface area contributed by atoms with Crippen LogP contribution in [0, 0.1) is 0 Å². The van der Waals surface area contributed by atoms with Crippen molar-refractivity contribution in [2.75, 3.05) is 0 Å². The van der Waals surface area contributed by atoms with E-state index in [-0.39, 0.29) is 5.84 Å². The molecule has 0 atom stereocenters. The number of nitrogens with zero attached hydrogens (tertiary/aromatic N) is 1. The summed E-state index contributed by atoms with van der Waals surface area (Å²) in [5, 5.41) is 11.3. The molecule has 0 aromatic heterocycles. The Morgan fingerprint density at radius 1 is 1.38 bits per heavy atom. The number of oxime groups is 1. The van der Waals surface area contributed by atoms with Crippen LogP contribution in [-0.4, -0.2) is 11.0 Å². The van der Waals surface area contributed by atoms with Gasteiger partial charge in [-0.1, -0.05) is 35.5 Å². The summed E-state index contributed by atoms with van der Waals surface area (Å²) in [6.45, 7) is 1.79. The van der Waals surface area contributed by atoms with Gasteiger partial charge in [0, 0.05) is 0 Å². The van der Waals surface area contributed by atoms with Gasteiger partial charge in [0.05, 0.1) is 0 Å². The van der Waals surface area contributed by atoms with Crippen molar-refractivity contribution in [2.45, 2.75) is 6.92 Å². The van der Waals surface area contributed by atoms with Gasteiger partial charge < -0.3 is 10.9 Å². The van der Waals surface area contributed by atoms with Gasteiger partial charge in [0.25, 0.3) is 0 Å². The van der Waals surface area contributed by atoms with Crippen LogP contribution in [0.25, 0.3) is 6.08 Å². The highest BCUT2D eigenvalue weighted by Crippen LogP contribution is 2.05. The van der Waals surface area contributed by atoms with Gasteiger partial charge in [-0.25, -0.2) is 0 Å². The molecule has 0 saturated carbocycles. The first kappa shape index (κ1) is 9.32. The highest BCUT2D eigenvalue weighted by Gasteiger charge is 1.95. The van der Waals surface area contributed by atoms with E-state index in [9.17, 15) is 0 Å². The Bertz CT molecular complexity index is 328. The van der Waals surface area contributed by atoms with Crippen molar-refractivity contribution in [1.82, 2.24) is 0 Å². The molecule has 0 amide bonds. The number of nitrogens with two attached hydrogens (primary N) is 1. The molecule has 0 radical (unpaired) electrons. The van der Waals surface area contributed by atoms with Gasteiger partial charge in [-0.15, -0.1) is 0 Å². The quantitative estimate of drug-likeness (QED) is 0.312. The first-order valence-corrected chi connectivity index (χ1v) is 3.95. The van der Waals surface area contributed by atoms with Crippen LogP contribution in [0.1, 0.15) is 12.5 Å². The van der Waals surface area contributed by atoms with Crippen molar-refractivity contribution in [3.63, 3.8) is 0 Å². The molecule has 1 aromatic rings. The smallest absolute Gasteiger partial charge is 0.165 e. The third kappa shape index (κ3) is 2.63. The Hall–Kier alpha value is -1.77. The van der Waals surface area contributed by atoms with Gasteiger partial charge in [-0.2, -0.15) is 0 Å². The summed E-state index contributed by atoms with van der Waals surface area (Å²) in [4.78, 5) is 0. The molecular weight excluding hydrogens is 164 g/mol. The van der Waals surface area contributed by atoms with Crippen molar-refractivity contribution in [2.24, 2.45) is 10.9 Å². The minimum atomic E-state index is 0.142. The average Bonchev–Trinajstić information content (AvgIpc) is 2.18. The van der Waals surface area contributed by atoms with Crippen LogP contribution in [-0.2, 0) is 0 Å². The zero-order valence-electron chi connectivity index (χ0n) is 7.44. The summed E-state index contributed by atoms with van der Waals surface area (Å²) in [6.07, 6.45) is 1.86. The maximum Gasteiger partial charge on any atom is 0.165 e. The summed E-state index contributed by atoms with van der Waals surface area (Å²) in [7, 11) is 0. The van der Waals surface area contributed by atoms with Crippen LogP contribution in [0.3, 0.4) is 0 Å². The number of benzene rings is 1. The van der Waals surface area contributed by atoms with Crippen LogP contribution in [0.15, 0.2) is 41.1 Å². The van der Waals surface area contributed by atoms with Crippen molar-refractivity contribution >= 4 is 11.9 Å². The summed E-state index contributed by atoms with van der Waals surface area (Å²) in [5.41, 5.74) is 7.17. The first-order chi connectivity index (χ1) is 6.24. The molecule has 3 N–H and O–H groups in total. The van der Waals surface area contributed by atoms with Gasteiger partial charge >= 0.3 is 0 Å². The molecule has 68 valence electrons. The monoisotopic (exact) mass is 176 g/mol. The predicted molar refractivity (Wildman–Crippen MR) is 53.5 cm³/mol. The zero-order chi connectivity index (χ0) is 9.68. The minimum absolute atomic E-state index is 0.142. The largest absolute Gasteiger partial charge is 0.409 e. The molecular formula is C10H12N2O. The fourth-order valence-corrected chi connectivity index (χ4v) is 0.952. The van der Waals surface area contributed by atoms with E-state index in [0.717, 1.165) is 11.1 Å². The van der Waals surface area contributed by atoms with E-state index in [1.165, 1.54) is 0 Å². The lowest BCUT2D eigenvalue weighted by Crippen LogP contribution is -2.12. The van der Waals surface area contributed by atoms with Gasteiger partial charge in [0.15, 0.2) is 5.84 Å². The van der Waals surface area contributed by atoms with Crippen LogP contribution >= 0.6 is 0 Å². The molecule has 0 bridgehead atoms. The lowest BCUT2D eigenvalue weighted by molar-refractivity contribution is 0.318. The highest BCUT2D eigenvalue weighted by atomic mass is 16.4. The van der Waals surface area contributed by atoms with Gasteiger partial charge in [0.2, 0.25) is 0 Å². The molecule has 0 saturated heterocycles. The molecule has 1 rings (SSSR count). The molecule has 3 heteroatoms. The maximum absolute atomic E-state index is 8.41. The van der Waals surface area contributed by atoms with E-state index in [4.69, 9.17) is 10.9 Å². The van der Waals surface area contributed by atoms with Gasteiger partial charge in [0.1, 0.15) is 0 Å².